The van der Waals surface area contributed by atoms with Crippen molar-refractivity contribution in [1.82, 2.24) is 9.80 Å². The third kappa shape index (κ3) is 10.7. The molecule has 2 saturated heterocycles. The van der Waals surface area contributed by atoms with E-state index in [2.05, 4.69) is 170 Å². The number of benzene rings is 4. The van der Waals surface area contributed by atoms with Crippen molar-refractivity contribution in [1.29, 1.82) is 0 Å². The zero-order valence-corrected chi connectivity index (χ0v) is 28.1. The highest BCUT2D eigenvalue weighted by molar-refractivity contribution is 5.51. The SMILES string of the molecule is CN1[C@H](/C=C/c2ccccc2)CCC[C@H]1/C=C/c1ccccc1.CN1[C@H](CCc2ccccc2)CCC[C@H]1CCc1ccccc1. The highest BCUT2D eigenvalue weighted by Gasteiger charge is 2.27. The fourth-order valence-corrected chi connectivity index (χ4v) is 7.17. The normalized spacial score (nSPS) is 22.5. The predicted molar refractivity (Wildman–Crippen MR) is 199 cm³/mol. The lowest BCUT2D eigenvalue weighted by Crippen LogP contribution is -2.44. The Morgan fingerprint density at radius 1 is 0.478 bits per heavy atom. The van der Waals surface area contributed by atoms with Crippen molar-refractivity contribution in [3.8, 4) is 0 Å². The number of aryl methyl sites for hydroxylation is 2. The third-order valence-corrected chi connectivity index (χ3v) is 10.1. The van der Waals surface area contributed by atoms with Crippen LogP contribution in [0.25, 0.3) is 12.2 Å². The Balaban J connectivity index is 0.000000181. The number of hydrogen-bond donors (Lipinski definition) is 0. The number of likely N-dealkylation sites (N-methyl/N-ethyl adjacent to an activating group) is 1. The maximum Gasteiger partial charge on any atom is 0.0284 e. The molecule has 2 fully saturated rings. The van der Waals surface area contributed by atoms with Crippen molar-refractivity contribution < 1.29 is 0 Å². The summed E-state index contributed by atoms with van der Waals surface area (Å²) in [6.07, 6.45) is 22.1. The van der Waals surface area contributed by atoms with E-state index in [1.807, 2.05) is 0 Å². The maximum atomic E-state index is 2.68. The molecule has 0 amide bonds. The molecule has 2 aliphatic rings. The van der Waals surface area contributed by atoms with E-state index in [1.54, 1.807) is 0 Å². The van der Waals surface area contributed by atoms with E-state index in [0.29, 0.717) is 12.1 Å². The van der Waals surface area contributed by atoms with Gasteiger partial charge in [-0.05, 0) is 94.1 Å². The molecule has 2 nitrogen and oxygen atoms in total. The van der Waals surface area contributed by atoms with E-state index in [-0.39, 0.29) is 0 Å². The molecule has 4 aromatic rings. The lowest BCUT2D eigenvalue weighted by Gasteiger charge is -2.40. The van der Waals surface area contributed by atoms with Crippen molar-refractivity contribution in [2.45, 2.75) is 88.4 Å². The fraction of sp³-hybridized carbons (Fsp3) is 0.364. The van der Waals surface area contributed by atoms with Crippen LogP contribution in [0.3, 0.4) is 0 Å². The maximum absolute atomic E-state index is 2.68. The summed E-state index contributed by atoms with van der Waals surface area (Å²) < 4.78 is 0. The van der Waals surface area contributed by atoms with Gasteiger partial charge in [0.15, 0.2) is 0 Å². The van der Waals surface area contributed by atoms with Crippen LogP contribution < -0.4 is 0 Å². The Morgan fingerprint density at radius 2 is 0.848 bits per heavy atom. The lowest BCUT2D eigenvalue weighted by atomic mass is 9.89. The molecule has 0 unspecified atom stereocenters. The second kappa shape index (κ2) is 18.4. The molecule has 4 atom stereocenters. The summed E-state index contributed by atoms with van der Waals surface area (Å²) in [5, 5.41) is 0. The molecule has 2 heterocycles. The molecule has 0 spiro atoms. The third-order valence-electron chi connectivity index (χ3n) is 10.1. The van der Waals surface area contributed by atoms with E-state index >= 15 is 0 Å². The lowest BCUT2D eigenvalue weighted by molar-refractivity contribution is 0.103. The minimum Gasteiger partial charge on any atom is -0.300 e. The molecule has 4 aromatic carbocycles. The van der Waals surface area contributed by atoms with Gasteiger partial charge < -0.3 is 4.90 Å². The second-order valence-electron chi connectivity index (χ2n) is 13.2. The Hall–Kier alpha value is -3.72. The van der Waals surface area contributed by atoms with Crippen LogP contribution in [0.4, 0.5) is 0 Å². The minimum atomic E-state index is 0.523. The van der Waals surface area contributed by atoms with E-state index in [0.717, 1.165) is 12.1 Å². The van der Waals surface area contributed by atoms with E-state index in [9.17, 15) is 0 Å². The van der Waals surface area contributed by atoms with Crippen molar-refractivity contribution in [2.75, 3.05) is 14.1 Å². The predicted octanol–water partition coefficient (Wildman–Crippen LogP) is 10.4. The summed E-state index contributed by atoms with van der Waals surface area (Å²) in [5.74, 6) is 0. The van der Waals surface area contributed by atoms with Crippen LogP contribution in [-0.4, -0.2) is 48.1 Å². The van der Waals surface area contributed by atoms with Gasteiger partial charge in [0.2, 0.25) is 0 Å². The van der Waals surface area contributed by atoms with Crippen LogP contribution in [0.1, 0.15) is 73.6 Å². The monoisotopic (exact) mass is 610 g/mol. The first-order chi connectivity index (χ1) is 22.7. The Bertz CT molecular complexity index is 1320. The largest absolute Gasteiger partial charge is 0.300 e. The number of nitrogens with zero attached hydrogens (tertiary/aromatic N) is 2. The Kier molecular flexibility index (Phi) is 13.5. The van der Waals surface area contributed by atoms with Gasteiger partial charge in [-0.2, -0.15) is 0 Å². The van der Waals surface area contributed by atoms with E-state index in [4.69, 9.17) is 0 Å². The van der Waals surface area contributed by atoms with Gasteiger partial charge in [0.25, 0.3) is 0 Å². The average molecular weight is 611 g/mol. The Labute approximate surface area is 279 Å². The van der Waals surface area contributed by atoms with Crippen LogP contribution in [0, 0.1) is 0 Å². The van der Waals surface area contributed by atoms with Gasteiger partial charge >= 0.3 is 0 Å². The smallest absolute Gasteiger partial charge is 0.0284 e. The van der Waals surface area contributed by atoms with Crippen molar-refractivity contribution in [3.63, 3.8) is 0 Å². The molecule has 46 heavy (non-hydrogen) atoms. The molecular weight excluding hydrogens is 556 g/mol. The molecule has 0 radical (unpaired) electrons. The highest BCUT2D eigenvalue weighted by atomic mass is 15.2. The molecule has 0 saturated carbocycles. The van der Waals surface area contributed by atoms with Crippen molar-refractivity contribution >= 4 is 12.2 Å². The standard InChI is InChI=1S/C22H29N.C22H25N/c2*1-23-21(17-15-19-9-4-2-5-10-19)13-8-14-22(23)18-16-20-11-6-3-7-12-20/h2-7,9-12,21-22H,8,13-18H2,1H3;2-7,9-12,15-18,21-22H,8,13-14H2,1H3/b;17-15+,18-16+/t2*21-,22-/m00/s1. The van der Waals surface area contributed by atoms with Gasteiger partial charge in [-0.15, -0.1) is 0 Å². The fourth-order valence-electron chi connectivity index (χ4n) is 7.17. The van der Waals surface area contributed by atoms with E-state index in [1.165, 1.54) is 86.5 Å². The summed E-state index contributed by atoms with van der Waals surface area (Å²) in [6, 6.07) is 45.6. The first-order valence-corrected chi connectivity index (χ1v) is 17.6. The van der Waals surface area contributed by atoms with Crippen molar-refractivity contribution in [2.24, 2.45) is 0 Å². The Morgan fingerprint density at radius 3 is 1.26 bits per heavy atom. The summed E-state index contributed by atoms with van der Waals surface area (Å²) in [7, 11) is 4.60. The van der Waals surface area contributed by atoms with Gasteiger partial charge in [0, 0.05) is 24.2 Å². The number of rotatable bonds is 10. The molecule has 0 N–H and O–H groups in total. The van der Waals surface area contributed by atoms with Crippen LogP contribution in [0.15, 0.2) is 133 Å². The zero-order chi connectivity index (χ0) is 31.8. The number of piperidine rings is 2. The van der Waals surface area contributed by atoms with Gasteiger partial charge in [-0.3, -0.25) is 4.90 Å². The molecule has 0 bridgehead atoms. The molecule has 240 valence electrons. The van der Waals surface area contributed by atoms with Gasteiger partial charge in [0.1, 0.15) is 0 Å². The van der Waals surface area contributed by atoms with Gasteiger partial charge in [-0.25, -0.2) is 0 Å². The molecule has 0 aliphatic carbocycles. The van der Waals surface area contributed by atoms with E-state index < -0.39 is 0 Å². The highest BCUT2D eigenvalue weighted by Crippen LogP contribution is 2.27. The molecule has 2 aliphatic heterocycles. The second-order valence-corrected chi connectivity index (χ2v) is 13.2. The summed E-state index contributed by atoms with van der Waals surface area (Å²) in [6.45, 7) is 0. The molecule has 2 heteroatoms. The molecule has 6 rings (SSSR count). The average Bonchev–Trinajstić information content (AvgIpc) is 3.12. The molecule has 0 aromatic heterocycles. The van der Waals surface area contributed by atoms with Crippen LogP contribution in [0.5, 0.6) is 0 Å². The van der Waals surface area contributed by atoms with Gasteiger partial charge in [0.05, 0.1) is 0 Å². The first-order valence-electron chi connectivity index (χ1n) is 17.6. The first kappa shape index (κ1) is 33.6. The van der Waals surface area contributed by atoms with Crippen molar-refractivity contribution in [3.05, 3.63) is 156 Å². The zero-order valence-electron chi connectivity index (χ0n) is 28.1. The van der Waals surface area contributed by atoms with Crippen LogP contribution in [0.2, 0.25) is 0 Å². The quantitative estimate of drug-likeness (QED) is 0.176. The van der Waals surface area contributed by atoms with Gasteiger partial charge in [-0.1, -0.05) is 152 Å². The molecular formula is C44H54N2. The topological polar surface area (TPSA) is 6.48 Å². The van der Waals surface area contributed by atoms with Crippen LogP contribution in [-0.2, 0) is 12.8 Å². The minimum absolute atomic E-state index is 0.523. The summed E-state index contributed by atoms with van der Waals surface area (Å²) in [4.78, 5) is 5.18. The summed E-state index contributed by atoms with van der Waals surface area (Å²) >= 11 is 0. The summed E-state index contributed by atoms with van der Waals surface area (Å²) in [5.41, 5.74) is 5.52. The number of likely N-dealkylation sites (tertiary alicyclic amines) is 2. The number of hydrogen-bond acceptors (Lipinski definition) is 2. The van der Waals surface area contributed by atoms with Crippen LogP contribution >= 0.6 is 0 Å².